The van der Waals surface area contributed by atoms with E-state index in [2.05, 4.69) is 24.6 Å². The summed E-state index contributed by atoms with van der Waals surface area (Å²) in [5.41, 5.74) is 0.491. The van der Waals surface area contributed by atoms with Gasteiger partial charge >= 0.3 is 5.97 Å². The van der Waals surface area contributed by atoms with Crippen molar-refractivity contribution in [3.05, 3.63) is 28.8 Å². The van der Waals surface area contributed by atoms with E-state index in [1.165, 1.54) is 16.8 Å². The predicted molar refractivity (Wildman–Crippen MR) is 85.8 cm³/mol. The molecular weight excluding hydrogens is 327 g/mol. The maximum absolute atomic E-state index is 13.6. The molecule has 0 aliphatic heterocycles. The summed E-state index contributed by atoms with van der Waals surface area (Å²) in [6.07, 6.45) is 1.39. The summed E-state index contributed by atoms with van der Waals surface area (Å²) < 4.78 is 20.7. The van der Waals surface area contributed by atoms with Crippen molar-refractivity contribution in [3.63, 3.8) is 0 Å². The Balaban J connectivity index is 2.26. The van der Waals surface area contributed by atoms with E-state index in [0.29, 0.717) is 12.1 Å². The molecule has 0 saturated heterocycles. The number of rotatable bonds is 6. The fraction of sp³-hybridized carbons (Fsp3) is 0.429. The molecule has 1 N–H and O–H groups in total. The smallest absolute Gasteiger partial charge is 0.339 e. The van der Waals surface area contributed by atoms with Gasteiger partial charge in [-0.25, -0.2) is 14.2 Å². The second kappa shape index (κ2) is 6.35. The van der Waals surface area contributed by atoms with Crippen molar-refractivity contribution in [2.45, 2.75) is 32.4 Å². The van der Waals surface area contributed by atoms with E-state index in [9.17, 15) is 14.3 Å². The number of carboxylic acid groups (broad SMARTS) is 1. The van der Waals surface area contributed by atoms with Crippen molar-refractivity contribution in [2.24, 2.45) is 0 Å². The quantitative estimate of drug-likeness (QED) is 0.491. The second-order valence-corrected chi connectivity index (χ2v) is 12.3. The molecule has 120 valence electrons. The zero-order chi connectivity index (χ0) is 16.5. The van der Waals surface area contributed by atoms with E-state index in [-0.39, 0.29) is 23.0 Å². The third-order valence-corrected chi connectivity index (χ3v) is 5.19. The minimum atomic E-state index is -1.20. The molecule has 0 amide bonds. The molecule has 2 rings (SSSR count). The first kappa shape index (κ1) is 16.9. The standard InChI is InChI=1S/C14H18ClFN2O3Si/c1-22(2,3)5-4-21-8-18-7-9(14(19)20)12-11(18)6-10(16)13(15)17-12/h6-7H,4-5,8H2,1-3H3,(H,19,20). The number of carboxylic acids is 1. The van der Waals surface area contributed by atoms with E-state index in [1.54, 1.807) is 0 Å². The van der Waals surface area contributed by atoms with Gasteiger partial charge in [-0.3, -0.25) is 0 Å². The van der Waals surface area contributed by atoms with Gasteiger partial charge in [0.1, 0.15) is 17.8 Å². The topological polar surface area (TPSA) is 64.3 Å². The van der Waals surface area contributed by atoms with Gasteiger partial charge in [-0.1, -0.05) is 31.2 Å². The van der Waals surface area contributed by atoms with Crippen LogP contribution >= 0.6 is 11.6 Å². The minimum Gasteiger partial charge on any atom is -0.478 e. The molecule has 5 nitrogen and oxygen atoms in total. The van der Waals surface area contributed by atoms with Crippen molar-refractivity contribution in [1.82, 2.24) is 9.55 Å². The van der Waals surface area contributed by atoms with Gasteiger partial charge in [0.2, 0.25) is 0 Å². The average molecular weight is 345 g/mol. The highest BCUT2D eigenvalue weighted by Crippen LogP contribution is 2.24. The molecule has 0 aliphatic rings. The predicted octanol–water partition coefficient (Wildman–Crippen LogP) is 3.84. The van der Waals surface area contributed by atoms with Gasteiger partial charge in [0, 0.05) is 26.9 Å². The molecule has 0 atom stereocenters. The number of halogens is 2. The zero-order valence-corrected chi connectivity index (χ0v) is 14.4. The Morgan fingerprint density at radius 3 is 2.77 bits per heavy atom. The van der Waals surface area contributed by atoms with Crippen LogP contribution in [0.1, 0.15) is 10.4 Å². The molecular formula is C14H18ClFN2O3Si. The van der Waals surface area contributed by atoms with E-state index >= 15 is 0 Å². The van der Waals surface area contributed by atoms with Crippen molar-refractivity contribution in [1.29, 1.82) is 0 Å². The largest absolute Gasteiger partial charge is 0.478 e. The van der Waals surface area contributed by atoms with Crippen LogP contribution in [0.2, 0.25) is 30.8 Å². The Morgan fingerprint density at radius 2 is 2.18 bits per heavy atom. The molecule has 0 fully saturated rings. The van der Waals surface area contributed by atoms with Crippen LogP contribution in [-0.4, -0.2) is 35.3 Å². The normalized spacial score (nSPS) is 12.0. The lowest BCUT2D eigenvalue weighted by Crippen LogP contribution is -2.22. The SMILES string of the molecule is C[Si](C)(C)CCOCn1cc(C(=O)O)c2nc(Cl)c(F)cc21. The molecule has 0 spiro atoms. The van der Waals surface area contributed by atoms with E-state index < -0.39 is 19.9 Å². The molecule has 0 bridgehead atoms. The van der Waals surface area contributed by atoms with Crippen molar-refractivity contribution < 1.29 is 19.0 Å². The van der Waals surface area contributed by atoms with Crippen molar-refractivity contribution in [3.8, 4) is 0 Å². The summed E-state index contributed by atoms with van der Waals surface area (Å²) in [6, 6.07) is 2.18. The number of ether oxygens (including phenoxy) is 1. The Bertz CT molecular complexity index is 712. The number of carbonyl (C=O) groups is 1. The lowest BCUT2D eigenvalue weighted by Gasteiger charge is -2.15. The third-order valence-electron chi connectivity index (χ3n) is 3.22. The van der Waals surface area contributed by atoms with Gasteiger partial charge in [-0.2, -0.15) is 0 Å². The Hall–Kier alpha value is -1.44. The van der Waals surface area contributed by atoms with Crippen LogP contribution in [0.15, 0.2) is 12.3 Å². The van der Waals surface area contributed by atoms with Crippen LogP contribution in [-0.2, 0) is 11.5 Å². The Kier molecular flexibility index (Phi) is 4.89. The molecule has 0 aromatic carbocycles. The maximum atomic E-state index is 13.6. The summed E-state index contributed by atoms with van der Waals surface area (Å²) in [7, 11) is -1.20. The lowest BCUT2D eigenvalue weighted by atomic mass is 10.3. The third kappa shape index (κ3) is 3.85. The molecule has 0 saturated carbocycles. The summed E-state index contributed by atoms with van der Waals surface area (Å²) >= 11 is 5.64. The maximum Gasteiger partial charge on any atom is 0.339 e. The summed E-state index contributed by atoms with van der Waals surface area (Å²) in [5.74, 6) is -1.83. The van der Waals surface area contributed by atoms with Crippen LogP contribution in [0.5, 0.6) is 0 Å². The van der Waals surface area contributed by atoms with Crippen LogP contribution in [0.25, 0.3) is 11.0 Å². The summed E-state index contributed by atoms with van der Waals surface area (Å²) in [5, 5.41) is 8.87. The first-order valence-corrected chi connectivity index (χ1v) is 10.9. The minimum absolute atomic E-state index is 0.0225. The zero-order valence-electron chi connectivity index (χ0n) is 12.7. The van der Waals surface area contributed by atoms with Gasteiger partial charge in [-0.15, -0.1) is 0 Å². The fourth-order valence-electron chi connectivity index (χ4n) is 1.97. The molecule has 22 heavy (non-hydrogen) atoms. The molecule has 0 unspecified atom stereocenters. The first-order valence-electron chi connectivity index (χ1n) is 6.85. The molecule has 2 aromatic rings. The Labute approximate surface area is 133 Å². The van der Waals surface area contributed by atoms with Gasteiger partial charge in [0.15, 0.2) is 11.0 Å². The van der Waals surface area contributed by atoms with Gasteiger partial charge in [0.05, 0.1) is 5.52 Å². The number of fused-ring (bicyclic) bond motifs is 1. The van der Waals surface area contributed by atoms with Crippen LogP contribution in [0.4, 0.5) is 4.39 Å². The number of nitrogens with zero attached hydrogens (tertiary/aromatic N) is 2. The summed E-state index contributed by atoms with van der Waals surface area (Å²) in [6.45, 7) is 7.46. The van der Waals surface area contributed by atoms with Gasteiger partial charge in [0.25, 0.3) is 0 Å². The van der Waals surface area contributed by atoms with Crippen LogP contribution in [0, 0.1) is 5.82 Å². The van der Waals surface area contributed by atoms with Gasteiger partial charge < -0.3 is 14.4 Å². The molecule has 2 aromatic heterocycles. The highest BCUT2D eigenvalue weighted by Gasteiger charge is 2.18. The van der Waals surface area contributed by atoms with E-state index in [1.807, 2.05) is 0 Å². The molecule has 2 heterocycles. The van der Waals surface area contributed by atoms with Crippen molar-refractivity contribution >= 4 is 36.7 Å². The Morgan fingerprint density at radius 1 is 1.50 bits per heavy atom. The number of aromatic carboxylic acids is 1. The van der Waals surface area contributed by atoms with Crippen LogP contribution < -0.4 is 0 Å². The molecule has 8 heteroatoms. The second-order valence-electron chi connectivity index (χ2n) is 6.29. The van der Waals surface area contributed by atoms with E-state index in [0.717, 1.165) is 6.04 Å². The first-order chi connectivity index (χ1) is 10.2. The number of pyridine rings is 1. The van der Waals surface area contributed by atoms with E-state index in [4.69, 9.17) is 16.3 Å². The summed E-state index contributed by atoms with van der Waals surface area (Å²) in [4.78, 5) is 15.1. The van der Waals surface area contributed by atoms with Gasteiger partial charge in [-0.05, 0) is 6.04 Å². The number of hydrogen-bond donors (Lipinski definition) is 1. The highest BCUT2D eigenvalue weighted by atomic mass is 35.5. The molecule has 0 radical (unpaired) electrons. The highest BCUT2D eigenvalue weighted by molar-refractivity contribution is 6.76. The number of hydrogen-bond acceptors (Lipinski definition) is 3. The monoisotopic (exact) mass is 344 g/mol. The number of aromatic nitrogens is 2. The average Bonchev–Trinajstić information content (AvgIpc) is 2.73. The molecule has 0 aliphatic carbocycles. The van der Waals surface area contributed by atoms with Crippen molar-refractivity contribution in [2.75, 3.05) is 6.61 Å². The lowest BCUT2D eigenvalue weighted by molar-refractivity contribution is 0.0696. The van der Waals surface area contributed by atoms with Crippen LogP contribution in [0.3, 0.4) is 0 Å². The fourth-order valence-corrected chi connectivity index (χ4v) is 2.86.